The lowest BCUT2D eigenvalue weighted by Crippen LogP contribution is -2.48. The molecule has 4 atom stereocenters. The third kappa shape index (κ3) is 4.86. The Kier molecular flexibility index (Phi) is 6.26. The lowest BCUT2D eigenvalue weighted by atomic mass is 9.90. The van der Waals surface area contributed by atoms with Gasteiger partial charge in [-0.3, -0.25) is 9.80 Å². The molecule has 1 heterocycles. The normalized spacial score (nSPS) is 30.7. The molecule has 4 rings (SSSR count). The van der Waals surface area contributed by atoms with E-state index in [0.717, 1.165) is 63.6 Å². The minimum absolute atomic E-state index is 0.353. The van der Waals surface area contributed by atoms with E-state index in [9.17, 15) is 5.11 Å². The van der Waals surface area contributed by atoms with Gasteiger partial charge in [0, 0.05) is 45.9 Å². The highest BCUT2D eigenvalue weighted by Gasteiger charge is 2.39. The second kappa shape index (κ2) is 8.83. The largest absolute Gasteiger partial charge is 0.389 e. The molecule has 0 aromatic heterocycles. The van der Waals surface area contributed by atoms with Gasteiger partial charge in [-0.25, -0.2) is 0 Å². The predicted octanol–water partition coefficient (Wildman–Crippen LogP) is 2.62. The van der Waals surface area contributed by atoms with E-state index in [1.165, 1.54) is 31.2 Å². The van der Waals surface area contributed by atoms with E-state index < -0.39 is 0 Å². The van der Waals surface area contributed by atoms with Crippen molar-refractivity contribution in [3.63, 3.8) is 0 Å². The molecule has 3 fully saturated rings. The number of aliphatic hydroxyl groups is 1. The van der Waals surface area contributed by atoms with Crippen molar-refractivity contribution in [3.8, 4) is 0 Å². The number of piperazine rings is 1. The van der Waals surface area contributed by atoms with Crippen LogP contribution in [0.5, 0.6) is 0 Å². The summed E-state index contributed by atoms with van der Waals surface area (Å²) in [5, 5.41) is 10.3. The summed E-state index contributed by atoms with van der Waals surface area (Å²) in [7, 11) is 0. The summed E-state index contributed by atoms with van der Waals surface area (Å²) < 4.78 is 5.89. The van der Waals surface area contributed by atoms with Crippen LogP contribution in [0.2, 0.25) is 0 Å². The Bertz CT molecular complexity index is 544. The second-order valence-corrected chi connectivity index (χ2v) is 8.69. The molecule has 4 nitrogen and oxygen atoms in total. The molecule has 2 aliphatic carbocycles. The van der Waals surface area contributed by atoms with Crippen molar-refractivity contribution in [2.75, 3.05) is 45.9 Å². The van der Waals surface area contributed by atoms with E-state index in [2.05, 4.69) is 40.1 Å². The van der Waals surface area contributed by atoms with Gasteiger partial charge in [0.15, 0.2) is 0 Å². The number of nitrogens with zero attached hydrogens (tertiary/aromatic N) is 2. The van der Waals surface area contributed by atoms with Crippen LogP contribution in [-0.4, -0.2) is 66.9 Å². The maximum absolute atomic E-state index is 10.3. The molecule has 1 saturated heterocycles. The van der Waals surface area contributed by atoms with Crippen LogP contribution in [-0.2, 0) is 11.3 Å². The van der Waals surface area contributed by atoms with Crippen molar-refractivity contribution >= 4 is 0 Å². The fraction of sp³-hybridized carbons (Fsp3) is 0.727. The summed E-state index contributed by atoms with van der Waals surface area (Å²) >= 11 is 0. The van der Waals surface area contributed by atoms with Crippen LogP contribution in [0.4, 0.5) is 0 Å². The van der Waals surface area contributed by atoms with E-state index in [0.29, 0.717) is 6.61 Å². The van der Waals surface area contributed by atoms with Gasteiger partial charge in [0.05, 0.1) is 12.7 Å². The minimum Gasteiger partial charge on any atom is -0.389 e. The van der Waals surface area contributed by atoms with Crippen molar-refractivity contribution in [1.29, 1.82) is 0 Å². The predicted molar refractivity (Wildman–Crippen MR) is 104 cm³/mol. The van der Waals surface area contributed by atoms with E-state index >= 15 is 0 Å². The number of fused-ring (bicyclic) bond motifs is 2. The highest BCUT2D eigenvalue weighted by atomic mass is 16.5. The summed E-state index contributed by atoms with van der Waals surface area (Å²) in [4.78, 5) is 4.89. The second-order valence-electron chi connectivity index (χ2n) is 8.69. The molecule has 2 bridgehead atoms. The van der Waals surface area contributed by atoms with Gasteiger partial charge in [-0.15, -0.1) is 0 Å². The minimum atomic E-state index is -0.353. The smallest absolute Gasteiger partial charge is 0.0900 e. The highest BCUT2D eigenvalue weighted by Crippen LogP contribution is 2.48. The molecule has 0 amide bonds. The first kappa shape index (κ1) is 18.4. The average Bonchev–Trinajstić information content (AvgIpc) is 3.27. The van der Waals surface area contributed by atoms with Gasteiger partial charge in [0.1, 0.15) is 0 Å². The Morgan fingerprint density at radius 2 is 1.77 bits per heavy atom. The van der Waals surface area contributed by atoms with Crippen molar-refractivity contribution in [1.82, 2.24) is 9.80 Å². The maximum atomic E-state index is 10.3. The van der Waals surface area contributed by atoms with Gasteiger partial charge in [-0.2, -0.15) is 0 Å². The monoisotopic (exact) mass is 358 g/mol. The molecule has 0 radical (unpaired) electrons. The Morgan fingerprint density at radius 1 is 1.00 bits per heavy atom. The van der Waals surface area contributed by atoms with E-state index in [1.54, 1.807) is 0 Å². The maximum Gasteiger partial charge on any atom is 0.0900 e. The summed E-state index contributed by atoms with van der Waals surface area (Å²) in [5.74, 6) is 2.66. The van der Waals surface area contributed by atoms with Crippen LogP contribution >= 0.6 is 0 Å². The lowest BCUT2D eigenvalue weighted by molar-refractivity contribution is -0.00897. The van der Waals surface area contributed by atoms with Gasteiger partial charge in [-0.05, 0) is 42.6 Å². The molecule has 1 N–H and O–H groups in total. The lowest BCUT2D eigenvalue weighted by Gasteiger charge is -2.35. The van der Waals surface area contributed by atoms with Crippen molar-refractivity contribution in [2.45, 2.75) is 38.3 Å². The third-order valence-corrected chi connectivity index (χ3v) is 6.71. The molecular weight excluding hydrogens is 324 g/mol. The highest BCUT2D eigenvalue weighted by molar-refractivity contribution is 5.14. The van der Waals surface area contributed by atoms with Crippen LogP contribution in [0.25, 0.3) is 0 Å². The number of rotatable bonds is 8. The first-order valence-corrected chi connectivity index (χ1v) is 10.5. The van der Waals surface area contributed by atoms with Crippen LogP contribution in [0.15, 0.2) is 30.3 Å². The Balaban J connectivity index is 1.10. The Labute approximate surface area is 158 Å². The summed E-state index contributed by atoms with van der Waals surface area (Å²) in [6, 6.07) is 10.7. The van der Waals surface area contributed by atoms with Gasteiger partial charge in [0.25, 0.3) is 0 Å². The number of ether oxygens (including phenoxy) is 1. The fourth-order valence-corrected chi connectivity index (χ4v) is 5.26. The molecular formula is C22H34N2O2. The third-order valence-electron chi connectivity index (χ3n) is 6.71. The molecule has 144 valence electrons. The number of aliphatic hydroxyl groups excluding tert-OH is 1. The van der Waals surface area contributed by atoms with Crippen LogP contribution in [0, 0.1) is 17.8 Å². The molecule has 4 heteroatoms. The first-order valence-electron chi connectivity index (χ1n) is 10.5. The standard InChI is InChI=1S/C22H34N2O2/c25-22(17-26-16-21-13-19-6-7-20(21)12-19)15-24-10-8-23(9-11-24)14-18-4-2-1-3-5-18/h1-5,19-22,25H,6-17H2. The summed E-state index contributed by atoms with van der Waals surface area (Å²) in [6.45, 7) is 7.37. The van der Waals surface area contributed by atoms with Crippen molar-refractivity contribution in [2.24, 2.45) is 17.8 Å². The summed E-state index contributed by atoms with van der Waals surface area (Å²) in [6.07, 6.45) is 5.30. The van der Waals surface area contributed by atoms with Crippen molar-refractivity contribution in [3.05, 3.63) is 35.9 Å². The van der Waals surface area contributed by atoms with Crippen LogP contribution in [0.1, 0.15) is 31.2 Å². The van der Waals surface area contributed by atoms with Gasteiger partial charge in [-0.1, -0.05) is 36.8 Å². The molecule has 1 aromatic rings. The number of β-amino-alcohol motifs (C(OH)–C–C–N with tert-alkyl or cyclic N) is 1. The molecule has 2 saturated carbocycles. The topological polar surface area (TPSA) is 35.9 Å². The van der Waals surface area contributed by atoms with Crippen LogP contribution in [0.3, 0.4) is 0 Å². The molecule has 4 unspecified atom stereocenters. The average molecular weight is 359 g/mol. The molecule has 0 spiro atoms. The van der Waals surface area contributed by atoms with Gasteiger partial charge >= 0.3 is 0 Å². The van der Waals surface area contributed by atoms with E-state index in [1.807, 2.05) is 0 Å². The molecule has 3 aliphatic rings. The fourth-order valence-electron chi connectivity index (χ4n) is 5.26. The Morgan fingerprint density at radius 3 is 2.46 bits per heavy atom. The molecule has 1 aliphatic heterocycles. The van der Waals surface area contributed by atoms with Crippen LogP contribution < -0.4 is 0 Å². The zero-order valence-electron chi connectivity index (χ0n) is 15.9. The number of hydrogen-bond donors (Lipinski definition) is 1. The number of benzene rings is 1. The SMILES string of the molecule is OC(COCC1CC2CCC1C2)CN1CCN(Cc2ccccc2)CC1. The zero-order valence-corrected chi connectivity index (χ0v) is 15.9. The van der Waals surface area contributed by atoms with Gasteiger partial charge in [0.2, 0.25) is 0 Å². The quantitative estimate of drug-likeness (QED) is 0.775. The van der Waals surface area contributed by atoms with E-state index in [-0.39, 0.29) is 6.10 Å². The first-order chi connectivity index (χ1) is 12.8. The summed E-state index contributed by atoms with van der Waals surface area (Å²) in [5.41, 5.74) is 1.38. The molecule has 1 aromatic carbocycles. The number of hydrogen-bond acceptors (Lipinski definition) is 4. The zero-order chi connectivity index (χ0) is 17.8. The van der Waals surface area contributed by atoms with Crippen molar-refractivity contribution < 1.29 is 9.84 Å². The van der Waals surface area contributed by atoms with Gasteiger partial charge < -0.3 is 9.84 Å². The molecule has 26 heavy (non-hydrogen) atoms. The van der Waals surface area contributed by atoms with E-state index in [4.69, 9.17) is 4.74 Å². The Hall–Kier alpha value is -0.940.